The van der Waals surface area contributed by atoms with E-state index in [-0.39, 0.29) is 5.91 Å². The van der Waals surface area contributed by atoms with Gasteiger partial charge in [-0.2, -0.15) is 10.2 Å². The van der Waals surface area contributed by atoms with E-state index in [0.717, 1.165) is 33.4 Å². The molecule has 2 aromatic carbocycles. The number of halogens is 1. The fourth-order valence-electron chi connectivity index (χ4n) is 4.14. The Morgan fingerprint density at radius 1 is 1.03 bits per heavy atom. The molecule has 3 aromatic heterocycles. The largest absolute Gasteiger partial charge is 0.304 e. The maximum Gasteiger partial charge on any atom is 0.257 e. The van der Waals surface area contributed by atoms with Gasteiger partial charge in [0.2, 0.25) is 0 Å². The lowest BCUT2D eigenvalue weighted by atomic mass is 10.0. The van der Waals surface area contributed by atoms with Gasteiger partial charge < -0.3 is 5.32 Å². The number of pyridine rings is 1. The molecule has 0 aliphatic carbocycles. The number of rotatable bonds is 5. The van der Waals surface area contributed by atoms with Crippen molar-refractivity contribution in [1.29, 1.82) is 0 Å². The molecule has 7 nitrogen and oxygen atoms in total. The first kappa shape index (κ1) is 21.9. The summed E-state index contributed by atoms with van der Waals surface area (Å²) in [5.74, 6) is 0.0182. The average Bonchev–Trinajstić information content (AvgIpc) is 3.29. The minimum atomic E-state index is -0.300. The highest BCUT2D eigenvalue weighted by Gasteiger charge is 2.20. The summed E-state index contributed by atoms with van der Waals surface area (Å²) in [7, 11) is 1.90. The third-order valence-electron chi connectivity index (χ3n) is 5.86. The average molecular weight is 471 g/mol. The van der Waals surface area contributed by atoms with Crippen molar-refractivity contribution >= 4 is 34.2 Å². The predicted molar refractivity (Wildman–Crippen MR) is 134 cm³/mol. The second-order valence-electron chi connectivity index (χ2n) is 8.20. The molecule has 1 N–H and O–H groups in total. The Labute approximate surface area is 202 Å². The number of carbonyl (C=O) groups excluding carboxylic acids is 1. The lowest BCUT2D eigenvalue weighted by Gasteiger charge is -2.10. The van der Waals surface area contributed by atoms with Gasteiger partial charge in [-0.1, -0.05) is 60.1 Å². The number of amides is 1. The highest BCUT2D eigenvalue weighted by Crippen LogP contribution is 2.30. The van der Waals surface area contributed by atoms with Crippen LogP contribution in [0.5, 0.6) is 0 Å². The maximum atomic E-state index is 13.4. The fraction of sp³-hybridized carbons (Fsp3) is 0.154. The molecule has 170 valence electrons. The SMILES string of the molecule is Cc1nn(C)c(C)c1-c1cc(C(=O)Nc2nn(Cc3ccccc3)cc2Cl)c2ccccc2n1. The number of aromatic nitrogens is 5. The molecule has 0 aliphatic rings. The van der Waals surface area contributed by atoms with Gasteiger partial charge in [0.05, 0.1) is 29.0 Å². The van der Waals surface area contributed by atoms with E-state index in [1.165, 1.54) is 0 Å². The first-order chi connectivity index (χ1) is 16.4. The van der Waals surface area contributed by atoms with Crippen LogP contribution >= 0.6 is 11.6 Å². The topological polar surface area (TPSA) is 77.6 Å². The van der Waals surface area contributed by atoms with Gasteiger partial charge in [-0.3, -0.25) is 14.2 Å². The van der Waals surface area contributed by atoms with Crippen LogP contribution in [-0.2, 0) is 13.6 Å². The molecule has 1 amide bonds. The number of fused-ring (bicyclic) bond motifs is 1. The zero-order chi connectivity index (χ0) is 23.8. The standard InChI is InChI=1S/C26H23ClN6O/c1-16-24(17(2)32(3)30-16)23-13-20(19-11-7-8-12-22(19)28-23)26(34)29-25-21(27)15-33(31-25)14-18-9-5-4-6-10-18/h4-13,15H,14H2,1-3H3,(H,29,31,34). The van der Waals surface area contributed by atoms with E-state index in [9.17, 15) is 4.79 Å². The molecule has 5 rings (SSSR count). The summed E-state index contributed by atoms with van der Waals surface area (Å²) >= 11 is 6.41. The summed E-state index contributed by atoms with van der Waals surface area (Å²) in [6, 6.07) is 19.3. The summed E-state index contributed by atoms with van der Waals surface area (Å²) in [5.41, 5.74) is 5.78. The van der Waals surface area contributed by atoms with E-state index < -0.39 is 0 Å². The molecule has 0 spiro atoms. The molecule has 34 heavy (non-hydrogen) atoms. The maximum absolute atomic E-state index is 13.4. The van der Waals surface area contributed by atoms with Gasteiger partial charge in [0.15, 0.2) is 5.82 Å². The lowest BCUT2D eigenvalue weighted by molar-refractivity contribution is 0.102. The number of carbonyl (C=O) groups is 1. The highest BCUT2D eigenvalue weighted by molar-refractivity contribution is 6.33. The van der Waals surface area contributed by atoms with Crippen molar-refractivity contribution < 1.29 is 4.79 Å². The molecule has 0 fully saturated rings. The third-order valence-corrected chi connectivity index (χ3v) is 6.14. The van der Waals surface area contributed by atoms with Crippen molar-refractivity contribution in [3.63, 3.8) is 0 Å². The lowest BCUT2D eigenvalue weighted by Crippen LogP contribution is -2.14. The van der Waals surface area contributed by atoms with Gasteiger partial charge in [-0.05, 0) is 31.5 Å². The number of anilines is 1. The molecule has 0 atom stereocenters. The van der Waals surface area contributed by atoms with E-state index in [4.69, 9.17) is 16.6 Å². The molecule has 0 saturated carbocycles. The van der Waals surface area contributed by atoms with E-state index in [1.54, 1.807) is 10.9 Å². The molecule has 3 heterocycles. The van der Waals surface area contributed by atoms with Crippen LogP contribution in [-0.4, -0.2) is 30.5 Å². The monoisotopic (exact) mass is 470 g/mol. The number of aryl methyl sites for hydroxylation is 2. The fourth-order valence-corrected chi connectivity index (χ4v) is 4.34. The zero-order valence-corrected chi connectivity index (χ0v) is 19.8. The smallest absolute Gasteiger partial charge is 0.257 e. The Hall–Kier alpha value is -3.97. The van der Waals surface area contributed by atoms with Crippen LogP contribution in [0.25, 0.3) is 22.2 Å². The van der Waals surface area contributed by atoms with Crippen LogP contribution in [0.4, 0.5) is 5.82 Å². The summed E-state index contributed by atoms with van der Waals surface area (Å²) in [6.07, 6.45) is 1.71. The van der Waals surface area contributed by atoms with Gasteiger partial charge in [-0.15, -0.1) is 0 Å². The molecule has 0 unspecified atom stereocenters. The number of hydrogen-bond acceptors (Lipinski definition) is 4. The summed E-state index contributed by atoms with van der Waals surface area (Å²) in [5, 5.41) is 13.0. The van der Waals surface area contributed by atoms with Crippen LogP contribution in [0.15, 0.2) is 66.9 Å². The molecular formula is C26H23ClN6O. The minimum absolute atomic E-state index is 0.300. The number of hydrogen-bond donors (Lipinski definition) is 1. The molecule has 0 saturated heterocycles. The van der Waals surface area contributed by atoms with Crippen LogP contribution in [0.2, 0.25) is 5.02 Å². The van der Waals surface area contributed by atoms with Gasteiger partial charge in [0.1, 0.15) is 5.02 Å². The van der Waals surface area contributed by atoms with E-state index in [2.05, 4.69) is 15.5 Å². The Kier molecular flexibility index (Phi) is 5.63. The second-order valence-corrected chi connectivity index (χ2v) is 8.61. The van der Waals surface area contributed by atoms with Crippen LogP contribution in [0, 0.1) is 13.8 Å². The van der Waals surface area contributed by atoms with Crippen LogP contribution < -0.4 is 5.32 Å². The molecular weight excluding hydrogens is 448 g/mol. The second kappa shape index (κ2) is 8.76. The van der Waals surface area contributed by atoms with Crippen molar-refractivity contribution in [2.75, 3.05) is 5.32 Å². The normalized spacial score (nSPS) is 11.2. The molecule has 0 bridgehead atoms. The van der Waals surface area contributed by atoms with Gasteiger partial charge in [-0.25, -0.2) is 4.98 Å². The van der Waals surface area contributed by atoms with Gasteiger partial charge >= 0.3 is 0 Å². The Morgan fingerprint density at radius 3 is 2.50 bits per heavy atom. The first-order valence-electron chi connectivity index (χ1n) is 10.9. The van der Waals surface area contributed by atoms with Crippen molar-refractivity contribution in [2.45, 2.75) is 20.4 Å². The highest BCUT2D eigenvalue weighted by atomic mass is 35.5. The van der Waals surface area contributed by atoms with Gasteiger partial charge in [0.25, 0.3) is 5.91 Å². The first-order valence-corrected chi connectivity index (χ1v) is 11.3. The number of benzene rings is 2. The quantitative estimate of drug-likeness (QED) is 0.373. The van der Waals surface area contributed by atoms with E-state index >= 15 is 0 Å². The van der Waals surface area contributed by atoms with Crippen molar-refractivity contribution in [1.82, 2.24) is 24.5 Å². The molecule has 5 aromatic rings. The van der Waals surface area contributed by atoms with Crippen LogP contribution in [0.1, 0.15) is 27.3 Å². The molecule has 0 aliphatic heterocycles. The number of nitrogens with zero attached hydrogens (tertiary/aromatic N) is 5. The Morgan fingerprint density at radius 2 is 1.76 bits per heavy atom. The summed E-state index contributed by atoms with van der Waals surface area (Å²) in [6.45, 7) is 4.49. The summed E-state index contributed by atoms with van der Waals surface area (Å²) in [4.78, 5) is 18.3. The van der Waals surface area contributed by atoms with E-state index in [0.29, 0.717) is 28.6 Å². The predicted octanol–water partition coefficient (Wildman–Crippen LogP) is 5.40. The van der Waals surface area contributed by atoms with E-state index in [1.807, 2.05) is 86.2 Å². The summed E-state index contributed by atoms with van der Waals surface area (Å²) < 4.78 is 3.53. The van der Waals surface area contributed by atoms with Crippen molar-refractivity contribution in [2.24, 2.45) is 7.05 Å². The zero-order valence-electron chi connectivity index (χ0n) is 19.1. The number of nitrogens with one attached hydrogen (secondary N) is 1. The van der Waals surface area contributed by atoms with Crippen molar-refractivity contribution in [3.05, 3.63) is 94.4 Å². The minimum Gasteiger partial charge on any atom is -0.304 e. The Bertz CT molecular complexity index is 1520. The third kappa shape index (κ3) is 4.06. The molecule has 0 radical (unpaired) electrons. The Balaban J connectivity index is 1.51. The molecule has 8 heteroatoms. The van der Waals surface area contributed by atoms with Gasteiger partial charge in [0, 0.05) is 29.9 Å². The van der Waals surface area contributed by atoms with Crippen molar-refractivity contribution in [3.8, 4) is 11.3 Å². The van der Waals surface area contributed by atoms with Crippen LogP contribution in [0.3, 0.4) is 0 Å². The number of para-hydroxylation sites is 1.